The first-order valence-corrected chi connectivity index (χ1v) is 5.66. The molecule has 3 nitrogen and oxygen atoms in total. The summed E-state index contributed by atoms with van der Waals surface area (Å²) in [6.45, 7) is 3.65. The van der Waals surface area contributed by atoms with Crippen molar-refractivity contribution in [2.45, 2.75) is 39.0 Å². The molecule has 0 radical (unpaired) electrons. The molecule has 1 amide bonds. The smallest absolute Gasteiger partial charge is 0.222 e. The Morgan fingerprint density at radius 2 is 2.21 bits per heavy atom. The summed E-state index contributed by atoms with van der Waals surface area (Å²) < 4.78 is 0. The fourth-order valence-corrected chi connectivity index (χ4v) is 1.79. The quantitative estimate of drug-likeness (QED) is 0.702. The van der Waals surface area contributed by atoms with Crippen LogP contribution in [0.15, 0.2) is 0 Å². The average molecular weight is 199 g/mol. The van der Waals surface area contributed by atoms with Crippen LogP contribution in [0.1, 0.15) is 39.0 Å². The van der Waals surface area contributed by atoms with E-state index < -0.39 is 0 Å². The van der Waals surface area contributed by atoms with Crippen molar-refractivity contribution in [1.29, 1.82) is 0 Å². The molecule has 0 spiro atoms. The Hall–Kier alpha value is -0.570. The second-order valence-corrected chi connectivity index (χ2v) is 4.05. The van der Waals surface area contributed by atoms with Gasteiger partial charge < -0.3 is 10.0 Å². The number of carbonyl (C=O) groups excluding carboxylic acids is 1. The van der Waals surface area contributed by atoms with E-state index in [9.17, 15) is 4.79 Å². The first-order valence-electron chi connectivity index (χ1n) is 5.66. The predicted molar refractivity (Wildman–Crippen MR) is 55.9 cm³/mol. The van der Waals surface area contributed by atoms with Crippen LogP contribution in [0.2, 0.25) is 0 Å². The Kier molecular flexibility index (Phi) is 4.94. The van der Waals surface area contributed by atoms with E-state index in [1.165, 1.54) is 19.3 Å². The molecule has 0 unspecified atom stereocenters. The molecule has 0 bridgehead atoms. The van der Waals surface area contributed by atoms with Gasteiger partial charge in [-0.25, -0.2) is 0 Å². The van der Waals surface area contributed by atoms with Gasteiger partial charge in [-0.15, -0.1) is 0 Å². The summed E-state index contributed by atoms with van der Waals surface area (Å²) in [5, 5.41) is 8.69. The van der Waals surface area contributed by atoms with Gasteiger partial charge in [-0.05, 0) is 32.1 Å². The molecule has 0 aliphatic heterocycles. The zero-order chi connectivity index (χ0) is 10.4. The van der Waals surface area contributed by atoms with Crippen LogP contribution in [0.5, 0.6) is 0 Å². The highest BCUT2D eigenvalue weighted by Gasteiger charge is 2.22. The summed E-state index contributed by atoms with van der Waals surface area (Å²) in [5.41, 5.74) is 0. The summed E-state index contributed by atoms with van der Waals surface area (Å²) in [4.78, 5) is 13.6. The first-order chi connectivity index (χ1) is 6.77. The molecule has 1 fully saturated rings. The number of amides is 1. The molecule has 1 rings (SSSR count). The van der Waals surface area contributed by atoms with Crippen molar-refractivity contribution in [3.05, 3.63) is 0 Å². The topological polar surface area (TPSA) is 40.5 Å². The lowest BCUT2D eigenvalue weighted by atomic mass is 9.82. The van der Waals surface area contributed by atoms with Gasteiger partial charge >= 0.3 is 0 Å². The maximum atomic E-state index is 11.7. The summed E-state index contributed by atoms with van der Waals surface area (Å²) >= 11 is 0. The van der Waals surface area contributed by atoms with Crippen LogP contribution in [0, 0.1) is 5.92 Å². The molecule has 0 aromatic rings. The third-order valence-electron chi connectivity index (χ3n) is 3.01. The summed E-state index contributed by atoms with van der Waals surface area (Å²) in [6.07, 6.45) is 5.16. The van der Waals surface area contributed by atoms with Gasteiger partial charge in [0.15, 0.2) is 0 Å². The van der Waals surface area contributed by atoms with E-state index in [2.05, 4.69) is 0 Å². The van der Waals surface area contributed by atoms with E-state index in [0.29, 0.717) is 18.9 Å². The maximum absolute atomic E-state index is 11.7. The van der Waals surface area contributed by atoms with Crippen molar-refractivity contribution < 1.29 is 9.90 Å². The van der Waals surface area contributed by atoms with Gasteiger partial charge in [-0.3, -0.25) is 4.79 Å². The van der Waals surface area contributed by atoms with Crippen LogP contribution >= 0.6 is 0 Å². The van der Waals surface area contributed by atoms with Crippen molar-refractivity contribution in [2.24, 2.45) is 5.92 Å². The highest BCUT2D eigenvalue weighted by Crippen LogP contribution is 2.29. The number of nitrogens with zero attached hydrogens (tertiary/aromatic N) is 1. The minimum absolute atomic E-state index is 0.174. The molecule has 0 heterocycles. The highest BCUT2D eigenvalue weighted by atomic mass is 16.3. The second-order valence-electron chi connectivity index (χ2n) is 4.05. The van der Waals surface area contributed by atoms with Crippen molar-refractivity contribution in [1.82, 2.24) is 4.90 Å². The monoisotopic (exact) mass is 199 g/mol. The number of aliphatic hydroxyl groups is 1. The van der Waals surface area contributed by atoms with Crippen molar-refractivity contribution in [3.8, 4) is 0 Å². The standard InChI is InChI=1S/C11H21NO2/c1-2-12(7-4-8-13)11(14)9-10-5-3-6-10/h10,13H,2-9H2,1H3. The van der Waals surface area contributed by atoms with Gasteiger partial charge in [0.1, 0.15) is 0 Å². The minimum atomic E-state index is 0.174. The predicted octanol–water partition coefficient (Wildman–Crippen LogP) is 1.41. The van der Waals surface area contributed by atoms with Gasteiger partial charge in [0, 0.05) is 26.1 Å². The van der Waals surface area contributed by atoms with E-state index in [1.807, 2.05) is 11.8 Å². The lowest BCUT2D eigenvalue weighted by molar-refractivity contribution is -0.132. The second kappa shape index (κ2) is 6.02. The SMILES string of the molecule is CCN(CCCO)C(=O)CC1CCC1. The normalized spacial score (nSPS) is 16.4. The molecule has 1 N–H and O–H groups in total. The zero-order valence-corrected chi connectivity index (χ0v) is 9.04. The molecular weight excluding hydrogens is 178 g/mol. The molecule has 14 heavy (non-hydrogen) atoms. The van der Waals surface area contributed by atoms with E-state index in [1.54, 1.807) is 0 Å². The van der Waals surface area contributed by atoms with Crippen molar-refractivity contribution >= 4 is 5.91 Å². The van der Waals surface area contributed by atoms with Crippen molar-refractivity contribution in [2.75, 3.05) is 19.7 Å². The fraction of sp³-hybridized carbons (Fsp3) is 0.909. The van der Waals surface area contributed by atoms with E-state index in [-0.39, 0.29) is 12.5 Å². The molecule has 1 saturated carbocycles. The minimum Gasteiger partial charge on any atom is -0.396 e. The Labute approximate surface area is 86.1 Å². The van der Waals surface area contributed by atoms with Crippen LogP contribution in [0.4, 0.5) is 0 Å². The molecule has 1 aliphatic rings. The largest absolute Gasteiger partial charge is 0.396 e. The third-order valence-corrected chi connectivity index (χ3v) is 3.01. The summed E-state index contributed by atoms with van der Waals surface area (Å²) in [5.74, 6) is 0.913. The van der Waals surface area contributed by atoms with E-state index in [0.717, 1.165) is 13.0 Å². The van der Waals surface area contributed by atoms with Crippen LogP contribution in [-0.4, -0.2) is 35.6 Å². The number of carbonyl (C=O) groups is 1. The van der Waals surface area contributed by atoms with Crippen LogP contribution in [0.25, 0.3) is 0 Å². The lowest BCUT2D eigenvalue weighted by Crippen LogP contribution is -2.34. The van der Waals surface area contributed by atoms with Crippen LogP contribution in [-0.2, 0) is 4.79 Å². The lowest BCUT2D eigenvalue weighted by Gasteiger charge is -2.28. The molecule has 3 heteroatoms. The average Bonchev–Trinajstić information content (AvgIpc) is 2.13. The van der Waals surface area contributed by atoms with Gasteiger partial charge in [-0.1, -0.05) is 6.42 Å². The molecule has 1 aliphatic carbocycles. The Balaban J connectivity index is 2.23. The number of aliphatic hydroxyl groups excluding tert-OH is 1. The number of rotatable bonds is 6. The van der Waals surface area contributed by atoms with Gasteiger partial charge in [0.25, 0.3) is 0 Å². The Morgan fingerprint density at radius 1 is 1.50 bits per heavy atom. The van der Waals surface area contributed by atoms with Gasteiger partial charge in [0.05, 0.1) is 0 Å². The van der Waals surface area contributed by atoms with Crippen LogP contribution in [0.3, 0.4) is 0 Å². The molecule has 0 atom stereocenters. The van der Waals surface area contributed by atoms with Crippen molar-refractivity contribution in [3.63, 3.8) is 0 Å². The molecule has 0 aromatic carbocycles. The third kappa shape index (κ3) is 3.29. The first kappa shape index (κ1) is 11.5. The molecular formula is C11H21NO2. The zero-order valence-electron chi connectivity index (χ0n) is 9.04. The number of hydrogen-bond acceptors (Lipinski definition) is 2. The molecule has 0 saturated heterocycles. The highest BCUT2D eigenvalue weighted by molar-refractivity contribution is 5.76. The Bertz CT molecular complexity index is 178. The summed E-state index contributed by atoms with van der Waals surface area (Å²) in [7, 11) is 0. The number of hydrogen-bond donors (Lipinski definition) is 1. The van der Waals surface area contributed by atoms with Gasteiger partial charge in [0.2, 0.25) is 5.91 Å². The summed E-state index contributed by atoms with van der Waals surface area (Å²) in [6, 6.07) is 0. The molecule has 82 valence electrons. The van der Waals surface area contributed by atoms with Gasteiger partial charge in [-0.2, -0.15) is 0 Å². The fourth-order valence-electron chi connectivity index (χ4n) is 1.79. The van der Waals surface area contributed by atoms with Crippen LogP contribution < -0.4 is 0 Å². The maximum Gasteiger partial charge on any atom is 0.222 e. The Morgan fingerprint density at radius 3 is 2.64 bits per heavy atom. The van der Waals surface area contributed by atoms with E-state index in [4.69, 9.17) is 5.11 Å². The molecule has 0 aromatic heterocycles. The van der Waals surface area contributed by atoms with E-state index >= 15 is 0 Å².